The molecule has 118 valence electrons. The summed E-state index contributed by atoms with van der Waals surface area (Å²) in [5.74, 6) is -0.678. The molecule has 6 nitrogen and oxygen atoms in total. The number of carbonyl (C=O) groups is 1. The van der Waals surface area contributed by atoms with Crippen LogP contribution < -0.4 is 5.32 Å². The van der Waals surface area contributed by atoms with E-state index in [0.717, 1.165) is 0 Å². The Kier molecular flexibility index (Phi) is 4.58. The van der Waals surface area contributed by atoms with Crippen LogP contribution in [-0.4, -0.2) is 25.9 Å². The fourth-order valence-corrected chi connectivity index (χ4v) is 2.60. The summed E-state index contributed by atoms with van der Waals surface area (Å²) in [5, 5.41) is 13.3. The number of hydrogen-bond donors (Lipinski definition) is 2. The zero-order chi connectivity index (χ0) is 16.4. The summed E-state index contributed by atoms with van der Waals surface area (Å²) in [6, 6.07) is 6.48. The molecule has 0 aliphatic carbocycles. The summed E-state index contributed by atoms with van der Waals surface area (Å²) in [4.78, 5) is 12.1. The van der Waals surface area contributed by atoms with E-state index >= 15 is 0 Å². The van der Waals surface area contributed by atoms with Crippen molar-refractivity contribution in [3.63, 3.8) is 0 Å². The van der Waals surface area contributed by atoms with Crippen LogP contribution in [0.2, 0.25) is 0 Å². The number of nitrogens with zero attached hydrogens (tertiary/aromatic N) is 3. The SMILES string of the molecule is O=C(Nc1cnn(Cc2ccccc2F)c1)c1n[nH]c(Br)c1Br. The van der Waals surface area contributed by atoms with Crippen LogP contribution in [0.25, 0.3) is 0 Å². The minimum Gasteiger partial charge on any atom is -0.318 e. The quantitative estimate of drug-likeness (QED) is 0.648. The van der Waals surface area contributed by atoms with Crippen LogP contribution in [-0.2, 0) is 6.54 Å². The van der Waals surface area contributed by atoms with Crippen LogP contribution in [0.3, 0.4) is 0 Å². The molecule has 0 saturated carbocycles. The Hall–Kier alpha value is -2.00. The number of carbonyl (C=O) groups excluding carboxylic acids is 1. The molecule has 0 fully saturated rings. The second-order valence-corrected chi connectivity index (χ2v) is 6.26. The molecule has 0 unspecified atom stereocenters. The summed E-state index contributed by atoms with van der Waals surface area (Å²) in [6.07, 6.45) is 3.12. The van der Waals surface area contributed by atoms with Gasteiger partial charge in [0.05, 0.1) is 22.9 Å². The fraction of sp³-hybridized carbons (Fsp3) is 0.0714. The van der Waals surface area contributed by atoms with Crippen molar-refractivity contribution >= 4 is 43.5 Å². The van der Waals surface area contributed by atoms with Crippen molar-refractivity contribution in [2.24, 2.45) is 0 Å². The molecule has 3 rings (SSSR count). The van der Waals surface area contributed by atoms with Crippen LogP contribution in [0, 0.1) is 5.82 Å². The van der Waals surface area contributed by atoms with E-state index in [1.165, 1.54) is 12.3 Å². The third-order valence-electron chi connectivity index (χ3n) is 3.06. The van der Waals surface area contributed by atoms with Gasteiger partial charge in [-0.2, -0.15) is 10.2 Å². The van der Waals surface area contributed by atoms with E-state index in [1.54, 1.807) is 29.1 Å². The first-order valence-corrected chi connectivity index (χ1v) is 8.10. The molecule has 3 aromatic rings. The van der Waals surface area contributed by atoms with Crippen LogP contribution >= 0.6 is 31.9 Å². The van der Waals surface area contributed by atoms with Gasteiger partial charge in [0, 0.05) is 11.8 Å². The third-order valence-corrected chi connectivity index (χ3v) is 4.94. The van der Waals surface area contributed by atoms with Gasteiger partial charge in [0.1, 0.15) is 10.4 Å². The molecule has 0 spiro atoms. The third kappa shape index (κ3) is 3.50. The van der Waals surface area contributed by atoms with Crippen LogP contribution in [0.15, 0.2) is 45.7 Å². The standard InChI is InChI=1S/C14H10Br2FN5O/c15-11-12(20-21-13(11)16)14(23)19-9-5-18-22(7-9)6-8-3-1-2-4-10(8)17/h1-5,7H,6H2,(H,19,23)(H,20,21). The number of benzene rings is 1. The maximum Gasteiger partial charge on any atom is 0.277 e. The molecule has 9 heteroatoms. The minimum atomic E-state index is -0.385. The van der Waals surface area contributed by atoms with E-state index in [1.807, 2.05) is 0 Å². The van der Waals surface area contributed by atoms with Crippen molar-refractivity contribution in [2.45, 2.75) is 6.54 Å². The van der Waals surface area contributed by atoms with Gasteiger partial charge in [0.25, 0.3) is 5.91 Å². The van der Waals surface area contributed by atoms with E-state index in [-0.39, 0.29) is 24.0 Å². The lowest BCUT2D eigenvalue weighted by atomic mass is 10.2. The zero-order valence-corrected chi connectivity index (χ0v) is 14.7. The van der Waals surface area contributed by atoms with Crippen molar-refractivity contribution in [1.29, 1.82) is 0 Å². The van der Waals surface area contributed by atoms with Crippen molar-refractivity contribution in [1.82, 2.24) is 20.0 Å². The molecule has 2 aromatic heterocycles. The molecule has 1 amide bonds. The number of aromatic amines is 1. The maximum absolute atomic E-state index is 13.6. The lowest BCUT2D eigenvalue weighted by Crippen LogP contribution is -2.12. The first-order chi connectivity index (χ1) is 11.0. The van der Waals surface area contributed by atoms with E-state index < -0.39 is 0 Å². The van der Waals surface area contributed by atoms with Crippen molar-refractivity contribution < 1.29 is 9.18 Å². The predicted molar refractivity (Wildman–Crippen MR) is 89.7 cm³/mol. The zero-order valence-electron chi connectivity index (χ0n) is 11.6. The highest BCUT2D eigenvalue weighted by Gasteiger charge is 2.17. The molecule has 2 N–H and O–H groups in total. The molecule has 1 aromatic carbocycles. The highest BCUT2D eigenvalue weighted by atomic mass is 79.9. The van der Waals surface area contributed by atoms with Gasteiger partial charge < -0.3 is 5.32 Å². The van der Waals surface area contributed by atoms with Gasteiger partial charge in [-0.1, -0.05) is 18.2 Å². The number of amides is 1. The van der Waals surface area contributed by atoms with E-state index in [0.29, 0.717) is 20.3 Å². The molecular weight excluding hydrogens is 433 g/mol. The number of H-pyrrole nitrogens is 1. The van der Waals surface area contributed by atoms with Gasteiger partial charge in [-0.25, -0.2) is 4.39 Å². The number of aromatic nitrogens is 4. The Bertz CT molecular complexity index is 860. The number of nitrogens with one attached hydrogen (secondary N) is 2. The molecule has 2 heterocycles. The lowest BCUT2D eigenvalue weighted by Gasteiger charge is -2.03. The number of hydrogen-bond acceptors (Lipinski definition) is 3. The first-order valence-electron chi connectivity index (χ1n) is 6.51. The largest absolute Gasteiger partial charge is 0.318 e. The van der Waals surface area contributed by atoms with Crippen LogP contribution in [0.1, 0.15) is 16.1 Å². The number of halogens is 3. The summed E-state index contributed by atoms with van der Waals surface area (Å²) in [7, 11) is 0. The average molecular weight is 443 g/mol. The van der Waals surface area contributed by atoms with Crippen LogP contribution in [0.5, 0.6) is 0 Å². The summed E-state index contributed by atoms with van der Waals surface area (Å²) < 4.78 is 16.3. The van der Waals surface area contributed by atoms with Gasteiger partial charge in [-0.3, -0.25) is 14.6 Å². The molecule has 23 heavy (non-hydrogen) atoms. The summed E-state index contributed by atoms with van der Waals surface area (Å²) in [5.41, 5.74) is 1.24. The van der Waals surface area contributed by atoms with E-state index in [9.17, 15) is 9.18 Å². The molecule has 0 aliphatic heterocycles. The maximum atomic E-state index is 13.6. The van der Waals surface area contributed by atoms with E-state index in [2.05, 4.69) is 52.5 Å². The van der Waals surface area contributed by atoms with Crippen molar-refractivity contribution in [3.8, 4) is 0 Å². The van der Waals surface area contributed by atoms with Crippen molar-refractivity contribution in [3.05, 3.63) is 62.8 Å². The normalized spacial score (nSPS) is 10.7. The smallest absolute Gasteiger partial charge is 0.277 e. The molecule has 0 bridgehead atoms. The van der Waals surface area contributed by atoms with Gasteiger partial charge in [-0.05, 0) is 37.9 Å². The number of rotatable bonds is 4. The predicted octanol–water partition coefficient (Wildman–Crippen LogP) is 3.57. The summed E-state index contributed by atoms with van der Waals surface area (Å²) >= 11 is 6.48. The second-order valence-electron chi connectivity index (χ2n) is 4.67. The molecule has 0 atom stereocenters. The number of anilines is 1. The first kappa shape index (κ1) is 15.9. The second kappa shape index (κ2) is 6.63. The van der Waals surface area contributed by atoms with Crippen molar-refractivity contribution in [2.75, 3.05) is 5.32 Å². The topological polar surface area (TPSA) is 75.6 Å². The van der Waals surface area contributed by atoms with Gasteiger partial charge in [-0.15, -0.1) is 0 Å². The molecule has 0 radical (unpaired) electrons. The average Bonchev–Trinajstić information content (AvgIpc) is 3.09. The highest BCUT2D eigenvalue weighted by molar-refractivity contribution is 9.13. The fourth-order valence-electron chi connectivity index (χ4n) is 1.96. The lowest BCUT2D eigenvalue weighted by molar-refractivity contribution is 0.102. The Morgan fingerprint density at radius 1 is 1.35 bits per heavy atom. The Labute approximate surface area is 147 Å². The Morgan fingerprint density at radius 2 is 2.13 bits per heavy atom. The van der Waals surface area contributed by atoms with Crippen LogP contribution in [0.4, 0.5) is 10.1 Å². The van der Waals surface area contributed by atoms with Gasteiger partial charge in [0.15, 0.2) is 5.69 Å². The monoisotopic (exact) mass is 441 g/mol. The van der Waals surface area contributed by atoms with E-state index in [4.69, 9.17) is 0 Å². The van der Waals surface area contributed by atoms with Gasteiger partial charge in [0.2, 0.25) is 0 Å². The highest BCUT2D eigenvalue weighted by Crippen LogP contribution is 2.24. The molecule has 0 aliphatic rings. The molecular formula is C14H10Br2FN5O. The Balaban J connectivity index is 1.71. The summed E-state index contributed by atoms with van der Waals surface area (Å²) in [6.45, 7) is 0.278. The Morgan fingerprint density at radius 3 is 2.83 bits per heavy atom. The molecule has 0 saturated heterocycles. The minimum absolute atomic E-state index is 0.221. The van der Waals surface area contributed by atoms with Gasteiger partial charge >= 0.3 is 0 Å².